The molecule has 4 N–H and O–H groups in total. The van der Waals surface area contributed by atoms with Crippen molar-refractivity contribution in [2.75, 3.05) is 32.8 Å². The van der Waals surface area contributed by atoms with Gasteiger partial charge in [0.05, 0.1) is 34.7 Å². The van der Waals surface area contributed by atoms with Crippen LogP contribution in [0.15, 0.2) is 59.5 Å². The maximum atomic E-state index is 13.8. The van der Waals surface area contributed by atoms with Gasteiger partial charge >= 0.3 is 6.09 Å². The molecule has 36 heavy (non-hydrogen) atoms. The lowest BCUT2D eigenvalue weighted by Gasteiger charge is -2.45. The Balaban J connectivity index is 1.69. The molecule has 3 heterocycles. The molecule has 3 aromatic rings. The molecule has 1 aromatic heterocycles. The topological polar surface area (TPSA) is 137 Å². The maximum Gasteiger partial charge on any atom is 0.404 e. The summed E-state index contributed by atoms with van der Waals surface area (Å²) < 4.78 is 30.2. The average molecular weight is 513 g/mol. The summed E-state index contributed by atoms with van der Waals surface area (Å²) in [4.78, 5) is 26.8. The van der Waals surface area contributed by atoms with Crippen LogP contribution in [0, 0.1) is 0 Å². The van der Waals surface area contributed by atoms with Crippen molar-refractivity contribution in [3.8, 4) is 16.9 Å². The number of para-hydroxylation sites is 1. The Hall–Kier alpha value is -3.38. The maximum absolute atomic E-state index is 13.8. The summed E-state index contributed by atoms with van der Waals surface area (Å²) in [5.41, 5.74) is 2.68. The SMILES string of the molecule is O=C(O)NCCCC1c2c(C(=O)N3CCOCC3)nn(-c3ccccc3)c2-c2ccccc2S1(O)O. The summed E-state index contributed by atoms with van der Waals surface area (Å²) >= 11 is 0. The van der Waals surface area contributed by atoms with Crippen molar-refractivity contribution in [1.82, 2.24) is 20.0 Å². The molecule has 2 aliphatic heterocycles. The molecule has 1 saturated heterocycles. The number of carboxylic acid groups (broad SMARTS) is 1. The minimum absolute atomic E-state index is 0.151. The van der Waals surface area contributed by atoms with Gasteiger partial charge in [-0.25, -0.2) is 9.48 Å². The normalized spacial score (nSPS) is 19.2. The number of hydrogen-bond acceptors (Lipinski definition) is 6. The van der Waals surface area contributed by atoms with Gasteiger partial charge in [-0.05, 0) is 31.0 Å². The van der Waals surface area contributed by atoms with Gasteiger partial charge in [-0.2, -0.15) is 15.7 Å². The number of carbonyl (C=O) groups is 2. The van der Waals surface area contributed by atoms with Gasteiger partial charge in [0.1, 0.15) is 0 Å². The summed E-state index contributed by atoms with van der Waals surface area (Å²) in [5.74, 6) is -0.285. The van der Waals surface area contributed by atoms with Crippen molar-refractivity contribution in [2.45, 2.75) is 23.0 Å². The first-order valence-corrected chi connectivity index (χ1v) is 13.4. The van der Waals surface area contributed by atoms with Crippen molar-refractivity contribution in [3.63, 3.8) is 0 Å². The van der Waals surface area contributed by atoms with Crippen molar-refractivity contribution in [2.24, 2.45) is 0 Å². The lowest BCUT2D eigenvalue weighted by Crippen LogP contribution is -2.41. The molecular formula is C25H28N4O6S. The number of aromatic nitrogens is 2. The predicted octanol–water partition coefficient (Wildman–Crippen LogP) is 4.22. The van der Waals surface area contributed by atoms with E-state index in [2.05, 4.69) is 5.32 Å². The van der Waals surface area contributed by atoms with E-state index in [1.165, 1.54) is 0 Å². The van der Waals surface area contributed by atoms with Crippen LogP contribution in [0.25, 0.3) is 16.9 Å². The summed E-state index contributed by atoms with van der Waals surface area (Å²) in [5, 5.41) is 15.2. The van der Waals surface area contributed by atoms with E-state index in [0.717, 1.165) is 5.69 Å². The molecule has 0 saturated carbocycles. The number of morpholine rings is 1. The zero-order valence-electron chi connectivity index (χ0n) is 19.5. The summed E-state index contributed by atoms with van der Waals surface area (Å²) in [6, 6.07) is 16.5. The van der Waals surface area contributed by atoms with Gasteiger partial charge in [0.25, 0.3) is 5.91 Å². The minimum Gasteiger partial charge on any atom is -0.465 e. The van der Waals surface area contributed by atoms with E-state index in [1.54, 1.807) is 21.7 Å². The number of amides is 2. The number of ether oxygens (including phenoxy) is 1. The second kappa shape index (κ2) is 9.94. The van der Waals surface area contributed by atoms with Crippen LogP contribution in [0.3, 0.4) is 0 Å². The molecular weight excluding hydrogens is 484 g/mol. The third kappa shape index (κ3) is 4.35. The molecule has 10 nitrogen and oxygen atoms in total. The highest BCUT2D eigenvalue weighted by molar-refractivity contribution is 8.24. The van der Waals surface area contributed by atoms with Gasteiger partial charge in [0, 0.05) is 30.8 Å². The van der Waals surface area contributed by atoms with Gasteiger partial charge in [-0.15, -0.1) is 0 Å². The first-order valence-electron chi connectivity index (χ1n) is 11.8. The largest absolute Gasteiger partial charge is 0.465 e. The second-order valence-electron chi connectivity index (χ2n) is 8.71. The lowest BCUT2D eigenvalue weighted by atomic mass is 9.98. The Morgan fingerprint density at radius 2 is 1.75 bits per heavy atom. The molecule has 1 unspecified atom stereocenters. The average Bonchev–Trinajstić information content (AvgIpc) is 3.29. The van der Waals surface area contributed by atoms with Crippen LogP contribution in [0.1, 0.15) is 34.1 Å². The van der Waals surface area contributed by atoms with Crippen LogP contribution in [0.4, 0.5) is 4.79 Å². The Bertz CT molecular complexity index is 1270. The standard InChI is InChI=1S/C25H28N4O6S/c30-24(28-13-15-35-16-14-28)22-21-20(11-6-12-26-25(31)32)36(33,34)19-10-5-4-9-18(19)23(21)29(27-22)17-7-2-1-3-8-17/h1-5,7-10,20,26,33-34H,6,11-16H2,(H,31,32). The Kier molecular flexibility index (Phi) is 6.71. The first kappa shape index (κ1) is 24.3. The van der Waals surface area contributed by atoms with Crippen molar-refractivity contribution in [1.29, 1.82) is 0 Å². The van der Waals surface area contributed by atoms with Crippen LogP contribution in [0.5, 0.6) is 0 Å². The van der Waals surface area contributed by atoms with Crippen LogP contribution in [-0.2, 0) is 4.74 Å². The molecule has 1 atom stereocenters. The predicted molar refractivity (Wildman–Crippen MR) is 135 cm³/mol. The Morgan fingerprint density at radius 3 is 2.47 bits per heavy atom. The fourth-order valence-electron chi connectivity index (χ4n) is 4.86. The van der Waals surface area contributed by atoms with Crippen molar-refractivity contribution in [3.05, 3.63) is 65.9 Å². The van der Waals surface area contributed by atoms with Crippen molar-refractivity contribution >= 4 is 22.6 Å². The molecule has 1 fully saturated rings. The number of nitrogens with one attached hydrogen (secondary N) is 1. The van der Waals surface area contributed by atoms with E-state index in [4.69, 9.17) is 14.9 Å². The molecule has 2 aliphatic rings. The van der Waals surface area contributed by atoms with Crippen LogP contribution >= 0.6 is 10.6 Å². The quantitative estimate of drug-likeness (QED) is 0.363. The number of hydrogen-bond donors (Lipinski definition) is 4. The van der Waals surface area contributed by atoms with E-state index >= 15 is 0 Å². The molecule has 0 spiro atoms. The van der Waals surface area contributed by atoms with Gasteiger partial charge < -0.3 is 20.1 Å². The molecule has 2 aromatic carbocycles. The first-order chi connectivity index (χ1) is 17.4. The van der Waals surface area contributed by atoms with E-state index in [9.17, 15) is 18.7 Å². The number of rotatable bonds is 6. The van der Waals surface area contributed by atoms with E-state index in [-0.39, 0.29) is 24.6 Å². The van der Waals surface area contributed by atoms with Gasteiger partial charge in [-0.3, -0.25) is 13.9 Å². The second-order valence-corrected chi connectivity index (χ2v) is 10.9. The monoisotopic (exact) mass is 512 g/mol. The molecule has 0 bridgehead atoms. The molecule has 0 radical (unpaired) electrons. The van der Waals surface area contributed by atoms with Crippen molar-refractivity contribution < 1.29 is 28.5 Å². The lowest BCUT2D eigenvalue weighted by molar-refractivity contribution is 0.0298. The zero-order valence-corrected chi connectivity index (χ0v) is 20.4. The fraction of sp³-hybridized carbons (Fsp3) is 0.320. The minimum atomic E-state index is -3.38. The number of nitrogens with zero attached hydrogens (tertiary/aromatic N) is 3. The van der Waals surface area contributed by atoms with Crippen LogP contribution in [-0.4, -0.2) is 73.7 Å². The highest BCUT2D eigenvalue weighted by atomic mass is 32.3. The Labute approximate surface area is 209 Å². The molecule has 0 aliphatic carbocycles. The van der Waals surface area contributed by atoms with E-state index < -0.39 is 21.9 Å². The number of fused-ring (bicyclic) bond motifs is 3. The van der Waals surface area contributed by atoms with E-state index in [0.29, 0.717) is 54.4 Å². The van der Waals surface area contributed by atoms with E-state index in [1.807, 2.05) is 42.5 Å². The van der Waals surface area contributed by atoms with Gasteiger partial charge in [0.15, 0.2) is 5.69 Å². The third-order valence-electron chi connectivity index (χ3n) is 6.53. The van der Waals surface area contributed by atoms with Gasteiger partial charge in [-0.1, -0.05) is 36.4 Å². The summed E-state index contributed by atoms with van der Waals surface area (Å²) in [6.07, 6.45) is -0.527. The van der Waals surface area contributed by atoms with Crippen LogP contribution < -0.4 is 5.32 Å². The molecule has 5 rings (SSSR count). The number of carbonyl (C=O) groups excluding carboxylic acids is 1. The Morgan fingerprint density at radius 1 is 1.06 bits per heavy atom. The smallest absolute Gasteiger partial charge is 0.404 e. The highest BCUT2D eigenvalue weighted by Gasteiger charge is 2.44. The van der Waals surface area contributed by atoms with Crippen LogP contribution in [0.2, 0.25) is 0 Å². The zero-order chi connectivity index (χ0) is 25.3. The summed E-state index contributed by atoms with van der Waals surface area (Å²) in [6.45, 7) is 1.85. The molecule has 2 amide bonds. The number of benzene rings is 2. The highest BCUT2D eigenvalue weighted by Crippen LogP contribution is 2.68. The summed E-state index contributed by atoms with van der Waals surface area (Å²) in [7, 11) is -3.38. The van der Waals surface area contributed by atoms with Gasteiger partial charge in [0.2, 0.25) is 0 Å². The fourth-order valence-corrected chi connectivity index (χ4v) is 6.98. The third-order valence-corrected chi connectivity index (χ3v) is 8.80. The molecule has 190 valence electrons. The molecule has 11 heteroatoms.